The molecule has 1 N–H and O–H groups in total. The molecule has 0 bridgehead atoms. The SMILES string of the molecule is Cc1cc(C(C)Nc2nc(Cl)ncc2F)c(C)s1. The summed E-state index contributed by atoms with van der Waals surface area (Å²) in [6.07, 6.45) is 1.07. The summed E-state index contributed by atoms with van der Waals surface area (Å²) in [5, 5.41) is 3.05. The van der Waals surface area contributed by atoms with Crippen molar-refractivity contribution in [1.29, 1.82) is 0 Å². The fourth-order valence-corrected chi connectivity index (χ4v) is 2.97. The number of nitrogens with one attached hydrogen (secondary N) is 1. The third-order valence-corrected chi connectivity index (χ3v) is 3.78. The maximum atomic E-state index is 13.5. The van der Waals surface area contributed by atoms with Gasteiger partial charge in [0.2, 0.25) is 5.28 Å². The van der Waals surface area contributed by atoms with Gasteiger partial charge in [0.1, 0.15) is 0 Å². The van der Waals surface area contributed by atoms with Gasteiger partial charge in [-0.05, 0) is 44.0 Å². The van der Waals surface area contributed by atoms with Gasteiger partial charge >= 0.3 is 0 Å². The second kappa shape index (κ2) is 5.20. The van der Waals surface area contributed by atoms with Crippen LogP contribution in [-0.2, 0) is 0 Å². The molecule has 0 aliphatic heterocycles. The Morgan fingerprint density at radius 3 is 2.78 bits per heavy atom. The standard InChI is InChI=1S/C12H13ClFN3S/c1-6-4-9(8(3)18-6)7(2)16-11-10(14)5-15-12(13)17-11/h4-5,7H,1-3H3,(H,15,16,17). The van der Waals surface area contributed by atoms with Crippen LogP contribution in [0.25, 0.3) is 0 Å². The molecule has 0 aliphatic rings. The number of rotatable bonds is 3. The van der Waals surface area contributed by atoms with E-state index < -0.39 is 5.82 Å². The molecule has 1 unspecified atom stereocenters. The third-order valence-electron chi connectivity index (χ3n) is 2.61. The predicted octanol–water partition coefficient (Wildman–Crippen LogP) is 4.12. The Kier molecular flexibility index (Phi) is 3.82. The third kappa shape index (κ3) is 2.79. The molecule has 96 valence electrons. The molecular formula is C12H13ClFN3S. The molecule has 2 aromatic heterocycles. The van der Waals surface area contributed by atoms with Crippen LogP contribution in [0.3, 0.4) is 0 Å². The molecule has 0 spiro atoms. The summed E-state index contributed by atoms with van der Waals surface area (Å²) in [6.45, 7) is 6.06. The van der Waals surface area contributed by atoms with Crippen LogP contribution >= 0.6 is 22.9 Å². The van der Waals surface area contributed by atoms with E-state index in [1.807, 2.05) is 6.92 Å². The summed E-state index contributed by atoms with van der Waals surface area (Å²) in [5.74, 6) is -0.374. The number of aryl methyl sites for hydroxylation is 2. The second-order valence-electron chi connectivity index (χ2n) is 4.07. The molecule has 0 fully saturated rings. The molecule has 0 aliphatic carbocycles. The lowest BCUT2D eigenvalue weighted by Crippen LogP contribution is -2.10. The van der Waals surface area contributed by atoms with Crippen LogP contribution in [0.2, 0.25) is 5.28 Å². The van der Waals surface area contributed by atoms with E-state index in [9.17, 15) is 4.39 Å². The molecule has 1 atom stereocenters. The second-order valence-corrected chi connectivity index (χ2v) is 5.87. The number of aromatic nitrogens is 2. The van der Waals surface area contributed by atoms with Crippen molar-refractivity contribution in [3.63, 3.8) is 0 Å². The molecule has 3 nitrogen and oxygen atoms in total. The average molecular weight is 286 g/mol. The van der Waals surface area contributed by atoms with Gasteiger partial charge in [-0.2, -0.15) is 4.98 Å². The zero-order chi connectivity index (χ0) is 13.3. The summed E-state index contributed by atoms with van der Waals surface area (Å²) in [7, 11) is 0. The first kappa shape index (κ1) is 13.2. The van der Waals surface area contributed by atoms with E-state index in [1.54, 1.807) is 11.3 Å². The van der Waals surface area contributed by atoms with E-state index >= 15 is 0 Å². The van der Waals surface area contributed by atoms with Crippen molar-refractivity contribution in [1.82, 2.24) is 9.97 Å². The lowest BCUT2D eigenvalue weighted by Gasteiger charge is -2.14. The van der Waals surface area contributed by atoms with Gasteiger partial charge in [0.05, 0.1) is 12.2 Å². The fraction of sp³-hybridized carbons (Fsp3) is 0.333. The van der Waals surface area contributed by atoms with Crippen LogP contribution in [0.4, 0.5) is 10.2 Å². The zero-order valence-corrected chi connectivity index (χ0v) is 11.9. The quantitative estimate of drug-likeness (QED) is 0.862. The Labute approximate surface area is 114 Å². The first-order chi connectivity index (χ1) is 8.47. The summed E-state index contributed by atoms with van der Waals surface area (Å²) in [6, 6.07) is 2.06. The van der Waals surface area contributed by atoms with Gasteiger partial charge in [0, 0.05) is 9.75 Å². The Hall–Kier alpha value is -1.20. The first-order valence-electron chi connectivity index (χ1n) is 5.49. The minimum atomic E-state index is -0.504. The van der Waals surface area contributed by atoms with Gasteiger partial charge in [0.15, 0.2) is 11.6 Å². The predicted molar refractivity (Wildman–Crippen MR) is 72.8 cm³/mol. The van der Waals surface area contributed by atoms with Crippen molar-refractivity contribution in [2.45, 2.75) is 26.8 Å². The van der Waals surface area contributed by atoms with Crippen molar-refractivity contribution in [3.05, 3.63) is 38.7 Å². The van der Waals surface area contributed by atoms with Gasteiger partial charge in [-0.1, -0.05) is 0 Å². The molecular weight excluding hydrogens is 273 g/mol. The Morgan fingerprint density at radius 2 is 2.17 bits per heavy atom. The van der Waals surface area contributed by atoms with Crippen LogP contribution in [-0.4, -0.2) is 9.97 Å². The summed E-state index contributed by atoms with van der Waals surface area (Å²) in [4.78, 5) is 9.88. The molecule has 0 saturated carbocycles. The lowest BCUT2D eigenvalue weighted by atomic mass is 10.1. The number of anilines is 1. The summed E-state index contributed by atoms with van der Waals surface area (Å²) < 4.78 is 13.5. The van der Waals surface area contributed by atoms with E-state index in [-0.39, 0.29) is 17.1 Å². The van der Waals surface area contributed by atoms with Gasteiger partial charge < -0.3 is 5.32 Å². The van der Waals surface area contributed by atoms with E-state index in [0.717, 1.165) is 11.8 Å². The highest BCUT2D eigenvalue weighted by Gasteiger charge is 2.14. The summed E-state index contributed by atoms with van der Waals surface area (Å²) >= 11 is 7.38. The van der Waals surface area contributed by atoms with E-state index in [2.05, 4.69) is 35.2 Å². The van der Waals surface area contributed by atoms with E-state index in [0.29, 0.717) is 0 Å². The Morgan fingerprint density at radius 1 is 1.44 bits per heavy atom. The number of hydrogen-bond donors (Lipinski definition) is 1. The lowest BCUT2D eigenvalue weighted by molar-refractivity contribution is 0.613. The van der Waals surface area contributed by atoms with Crippen molar-refractivity contribution >= 4 is 28.8 Å². The maximum Gasteiger partial charge on any atom is 0.224 e. The molecule has 6 heteroatoms. The average Bonchev–Trinajstić information content (AvgIpc) is 2.63. The highest BCUT2D eigenvalue weighted by molar-refractivity contribution is 7.12. The smallest absolute Gasteiger partial charge is 0.224 e. The first-order valence-corrected chi connectivity index (χ1v) is 6.68. The van der Waals surface area contributed by atoms with Crippen LogP contribution < -0.4 is 5.32 Å². The minimum Gasteiger partial charge on any atom is -0.361 e. The van der Waals surface area contributed by atoms with Gasteiger partial charge in [-0.25, -0.2) is 9.37 Å². The number of halogens is 2. The van der Waals surface area contributed by atoms with Crippen molar-refractivity contribution < 1.29 is 4.39 Å². The van der Waals surface area contributed by atoms with Crippen LogP contribution in [0.5, 0.6) is 0 Å². The molecule has 0 radical (unpaired) electrons. The van der Waals surface area contributed by atoms with Gasteiger partial charge in [-0.3, -0.25) is 0 Å². The number of nitrogens with zero attached hydrogens (tertiary/aromatic N) is 2. The highest BCUT2D eigenvalue weighted by Crippen LogP contribution is 2.28. The largest absolute Gasteiger partial charge is 0.361 e. The van der Waals surface area contributed by atoms with Crippen LogP contribution in [0.15, 0.2) is 12.3 Å². The Bertz CT molecular complexity index is 570. The minimum absolute atomic E-state index is 0.0318. The molecule has 18 heavy (non-hydrogen) atoms. The monoisotopic (exact) mass is 285 g/mol. The molecule has 0 amide bonds. The van der Waals surface area contributed by atoms with E-state index in [1.165, 1.54) is 9.75 Å². The normalized spacial score (nSPS) is 12.5. The molecule has 0 saturated heterocycles. The van der Waals surface area contributed by atoms with Crippen LogP contribution in [0.1, 0.15) is 28.3 Å². The number of thiophene rings is 1. The highest BCUT2D eigenvalue weighted by atomic mass is 35.5. The molecule has 0 aromatic carbocycles. The molecule has 2 heterocycles. The maximum absolute atomic E-state index is 13.5. The van der Waals surface area contributed by atoms with Gasteiger partial charge in [-0.15, -0.1) is 11.3 Å². The van der Waals surface area contributed by atoms with Crippen molar-refractivity contribution in [2.75, 3.05) is 5.32 Å². The topological polar surface area (TPSA) is 37.8 Å². The summed E-state index contributed by atoms with van der Waals surface area (Å²) in [5.41, 5.74) is 1.15. The fourth-order valence-electron chi connectivity index (χ4n) is 1.81. The molecule has 2 rings (SSSR count). The van der Waals surface area contributed by atoms with Gasteiger partial charge in [0.25, 0.3) is 0 Å². The van der Waals surface area contributed by atoms with Crippen molar-refractivity contribution in [3.8, 4) is 0 Å². The molecule has 2 aromatic rings. The zero-order valence-electron chi connectivity index (χ0n) is 10.3. The van der Waals surface area contributed by atoms with Crippen LogP contribution in [0, 0.1) is 19.7 Å². The van der Waals surface area contributed by atoms with Crippen molar-refractivity contribution in [2.24, 2.45) is 0 Å². The Balaban J connectivity index is 2.23. The van der Waals surface area contributed by atoms with E-state index in [4.69, 9.17) is 11.6 Å². The number of hydrogen-bond acceptors (Lipinski definition) is 4.